The highest BCUT2D eigenvalue weighted by Gasteiger charge is 2.71. The average molecular weight is 411 g/mol. The van der Waals surface area contributed by atoms with Crippen LogP contribution in [0.2, 0.25) is 0 Å². The van der Waals surface area contributed by atoms with E-state index in [1.165, 1.54) is 6.08 Å². The molecule has 154 valence electrons. The van der Waals surface area contributed by atoms with Crippen molar-refractivity contribution in [3.63, 3.8) is 0 Å². The summed E-state index contributed by atoms with van der Waals surface area (Å²) in [5.74, 6) is -0.893. The Morgan fingerprint density at radius 1 is 1.32 bits per heavy atom. The standard InChI is InChI=1S/C22H28F2O3S/c1-12-8-17-14-4-5-15(19(27)28-11-23)20(14,2)10-18(26)22(17,24)21(3)7-6-13(25)9-16(12)21/h6-7,9,12,14-15,17-18,26H,4-5,8,10-11H2,1-3H3/t12-,14?,15?,17?,18?,20?,21?,22-/m0/s1. The second-order valence-electron chi connectivity index (χ2n) is 9.58. The quantitative estimate of drug-likeness (QED) is 0.733. The third-order valence-electron chi connectivity index (χ3n) is 8.45. The minimum Gasteiger partial charge on any atom is -0.390 e. The van der Waals surface area contributed by atoms with E-state index in [4.69, 9.17) is 0 Å². The van der Waals surface area contributed by atoms with Crippen molar-refractivity contribution in [1.29, 1.82) is 0 Å². The fraction of sp³-hybridized carbons (Fsp3) is 0.727. The molecule has 4 rings (SSSR count). The Kier molecular flexibility index (Phi) is 4.70. The van der Waals surface area contributed by atoms with E-state index in [1.807, 2.05) is 13.8 Å². The summed E-state index contributed by atoms with van der Waals surface area (Å²) in [6.07, 6.45) is 5.44. The number of aliphatic hydroxyl groups is 1. The zero-order chi connectivity index (χ0) is 20.5. The van der Waals surface area contributed by atoms with Gasteiger partial charge >= 0.3 is 0 Å². The molecule has 0 bridgehead atoms. The van der Waals surface area contributed by atoms with Crippen molar-refractivity contribution in [2.45, 2.75) is 58.2 Å². The Balaban J connectivity index is 1.78. The van der Waals surface area contributed by atoms with Crippen LogP contribution in [0.3, 0.4) is 0 Å². The fourth-order valence-corrected chi connectivity index (χ4v) is 7.84. The molecule has 4 aliphatic carbocycles. The van der Waals surface area contributed by atoms with Gasteiger partial charge in [0.05, 0.1) is 6.10 Å². The van der Waals surface area contributed by atoms with Crippen LogP contribution in [-0.2, 0) is 9.59 Å². The minimum absolute atomic E-state index is 0.0253. The van der Waals surface area contributed by atoms with Gasteiger partial charge in [0.25, 0.3) is 0 Å². The molecule has 6 heteroatoms. The topological polar surface area (TPSA) is 54.4 Å². The summed E-state index contributed by atoms with van der Waals surface area (Å²) in [6.45, 7) is 5.80. The maximum absolute atomic E-state index is 16.9. The normalized spacial score (nSPS) is 49.9. The van der Waals surface area contributed by atoms with Gasteiger partial charge in [-0.05, 0) is 62.0 Å². The van der Waals surface area contributed by atoms with Crippen LogP contribution in [-0.4, -0.2) is 33.8 Å². The van der Waals surface area contributed by atoms with E-state index in [-0.39, 0.29) is 35.1 Å². The van der Waals surface area contributed by atoms with Crippen LogP contribution in [0.4, 0.5) is 8.78 Å². The molecule has 0 radical (unpaired) electrons. The van der Waals surface area contributed by atoms with Crippen molar-refractivity contribution < 1.29 is 23.5 Å². The number of fused-ring (bicyclic) bond motifs is 5. The highest BCUT2D eigenvalue weighted by Crippen LogP contribution is 2.69. The van der Waals surface area contributed by atoms with Crippen molar-refractivity contribution in [1.82, 2.24) is 0 Å². The molecule has 0 heterocycles. The van der Waals surface area contributed by atoms with Crippen LogP contribution in [0.1, 0.15) is 46.5 Å². The Labute approximate surface area is 169 Å². The molecule has 3 fully saturated rings. The maximum atomic E-state index is 16.9. The number of aliphatic hydroxyl groups excluding tert-OH is 1. The summed E-state index contributed by atoms with van der Waals surface area (Å²) in [7, 11) is 0. The molecule has 6 unspecified atom stereocenters. The van der Waals surface area contributed by atoms with Crippen LogP contribution in [0.25, 0.3) is 0 Å². The summed E-state index contributed by atoms with van der Waals surface area (Å²) in [5.41, 5.74) is -2.66. The Morgan fingerprint density at radius 3 is 2.71 bits per heavy atom. The number of alkyl halides is 2. The van der Waals surface area contributed by atoms with Gasteiger partial charge in [0.15, 0.2) is 16.6 Å². The lowest BCUT2D eigenvalue weighted by Gasteiger charge is -2.63. The van der Waals surface area contributed by atoms with Gasteiger partial charge in [-0.2, -0.15) is 0 Å². The highest BCUT2D eigenvalue weighted by atomic mass is 32.2. The third kappa shape index (κ3) is 2.43. The van der Waals surface area contributed by atoms with E-state index in [9.17, 15) is 19.1 Å². The minimum atomic E-state index is -1.88. The largest absolute Gasteiger partial charge is 0.390 e. The summed E-state index contributed by atoms with van der Waals surface area (Å²) in [5, 5.41) is 11.0. The van der Waals surface area contributed by atoms with Gasteiger partial charge in [-0.3, -0.25) is 9.59 Å². The van der Waals surface area contributed by atoms with E-state index < -0.39 is 34.5 Å². The highest BCUT2D eigenvalue weighted by molar-refractivity contribution is 8.13. The molecule has 0 aromatic rings. The first-order valence-electron chi connectivity index (χ1n) is 10.1. The smallest absolute Gasteiger partial charge is 0.195 e. The van der Waals surface area contributed by atoms with Crippen LogP contribution in [0.5, 0.6) is 0 Å². The third-order valence-corrected chi connectivity index (χ3v) is 9.13. The summed E-state index contributed by atoms with van der Waals surface area (Å²) < 4.78 is 29.7. The summed E-state index contributed by atoms with van der Waals surface area (Å²) in [4.78, 5) is 24.5. The van der Waals surface area contributed by atoms with Gasteiger partial charge in [-0.1, -0.05) is 37.3 Å². The molecule has 1 N–H and O–H groups in total. The number of hydrogen-bond acceptors (Lipinski definition) is 4. The summed E-state index contributed by atoms with van der Waals surface area (Å²) in [6, 6.07) is -0.753. The van der Waals surface area contributed by atoms with Gasteiger partial charge in [0.2, 0.25) is 0 Å². The molecule has 4 aliphatic rings. The van der Waals surface area contributed by atoms with Crippen molar-refractivity contribution in [3.8, 4) is 0 Å². The second kappa shape index (κ2) is 6.49. The first-order valence-corrected chi connectivity index (χ1v) is 11.1. The van der Waals surface area contributed by atoms with E-state index in [0.717, 1.165) is 5.57 Å². The van der Waals surface area contributed by atoms with Gasteiger partial charge in [-0.25, -0.2) is 8.78 Å². The van der Waals surface area contributed by atoms with Crippen LogP contribution < -0.4 is 0 Å². The van der Waals surface area contributed by atoms with Crippen LogP contribution in [0.15, 0.2) is 23.8 Å². The molecule has 0 spiro atoms. The van der Waals surface area contributed by atoms with Gasteiger partial charge in [-0.15, -0.1) is 0 Å². The Bertz CT molecular complexity index is 780. The predicted molar refractivity (Wildman–Crippen MR) is 105 cm³/mol. The molecular weight excluding hydrogens is 382 g/mol. The van der Waals surface area contributed by atoms with E-state index >= 15 is 4.39 Å². The Morgan fingerprint density at radius 2 is 2.04 bits per heavy atom. The number of ketones is 1. The zero-order valence-electron chi connectivity index (χ0n) is 16.6. The molecule has 3 saturated carbocycles. The van der Waals surface area contributed by atoms with E-state index in [1.54, 1.807) is 19.1 Å². The summed E-state index contributed by atoms with van der Waals surface area (Å²) >= 11 is 0.692. The lowest BCUT2D eigenvalue weighted by Crippen LogP contribution is -2.67. The van der Waals surface area contributed by atoms with Crippen molar-refractivity contribution in [2.75, 3.05) is 6.01 Å². The van der Waals surface area contributed by atoms with Crippen molar-refractivity contribution >= 4 is 22.7 Å². The average Bonchev–Trinajstić information content (AvgIpc) is 2.96. The predicted octanol–water partition coefficient (Wildman–Crippen LogP) is 4.41. The Hall–Kier alpha value is -1.01. The lowest BCUT2D eigenvalue weighted by atomic mass is 9.44. The molecule has 0 saturated heterocycles. The number of thioether (sulfide) groups is 1. The molecule has 0 aromatic heterocycles. The van der Waals surface area contributed by atoms with Crippen LogP contribution >= 0.6 is 11.8 Å². The fourth-order valence-electron chi connectivity index (χ4n) is 7.14. The maximum Gasteiger partial charge on any atom is 0.195 e. The van der Waals surface area contributed by atoms with Gasteiger partial charge in [0, 0.05) is 17.3 Å². The van der Waals surface area contributed by atoms with Crippen molar-refractivity contribution in [3.05, 3.63) is 23.8 Å². The molecule has 0 aromatic carbocycles. The van der Waals surface area contributed by atoms with Crippen LogP contribution in [0, 0.1) is 34.5 Å². The number of hydrogen-bond donors (Lipinski definition) is 1. The first-order chi connectivity index (χ1) is 13.1. The second-order valence-corrected chi connectivity index (χ2v) is 10.5. The number of halogens is 2. The molecule has 28 heavy (non-hydrogen) atoms. The zero-order valence-corrected chi connectivity index (χ0v) is 17.4. The SMILES string of the molecule is C[C@H]1CC2C3CCC(C(=O)SCF)C3(C)CC(O)[C@]2(F)C2(C)C=CC(=O)C=C12. The van der Waals surface area contributed by atoms with E-state index in [0.29, 0.717) is 31.0 Å². The van der Waals surface area contributed by atoms with Crippen molar-refractivity contribution in [2.24, 2.45) is 34.5 Å². The van der Waals surface area contributed by atoms with E-state index in [2.05, 4.69) is 0 Å². The molecule has 3 nitrogen and oxygen atoms in total. The van der Waals surface area contributed by atoms with Gasteiger partial charge in [0.1, 0.15) is 6.01 Å². The number of carbonyl (C=O) groups is 2. The number of allylic oxidation sites excluding steroid dienone is 4. The number of carbonyl (C=O) groups excluding carboxylic acids is 2. The molecule has 0 aliphatic heterocycles. The van der Waals surface area contributed by atoms with Gasteiger partial charge < -0.3 is 5.11 Å². The molecule has 0 amide bonds. The molecule has 8 atom stereocenters. The molecular formula is C22H28F2O3S. The first kappa shape index (κ1) is 20.3. The lowest BCUT2D eigenvalue weighted by molar-refractivity contribution is -0.199. The number of rotatable bonds is 2. The monoisotopic (exact) mass is 410 g/mol.